The average molecular weight is 706 g/mol. The standard InChI is InChI=1S/C20H18F4N2O3.C8Cl4N2.C2H6/c21-14-8-9-15(29-20(23)24)17(18(14)22)19(26-28-11-13-6-7-13)25-16(27)10-12-4-2-1-3-5-12;9-5-3(1-13)6(10)8(12)7(11)4(5)2-14;1-2/h1-5,8-9,13,20H,6-7,10-11H2,(H,25,26,27);;1-2H3. The zero-order valence-electron chi connectivity index (χ0n) is 23.6. The predicted molar refractivity (Wildman–Crippen MR) is 164 cm³/mol. The summed E-state index contributed by atoms with van der Waals surface area (Å²) in [4.78, 5) is 17.5. The van der Waals surface area contributed by atoms with Crippen LogP contribution in [0.15, 0.2) is 47.6 Å². The molecular weight excluding hydrogens is 682 g/mol. The van der Waals surface area contributed by atoms with Crippen molar-refractivity contribution in [1.29, 1.82) is 10.5 Å². The summed E-state index contributed by atoms with van der Waals surface area (Å²) in [6.07, 6.45) is 1.79. The molecular formula is C30H24Cl4F4N4O3. The number of carbonyl (C=O) groups is 1. The Labute approximate surface area is 276 Å². The Morgan fingerprint density at radius 2 is 1.53 bits per heavy atom. The van der Waals surface area contributed by atoms with Crippen LogP contribution in [0.2, 0.25) is 20.1 Å². The van der Waals surface area contributed by atoms with Crippen LogP contribution >= 0.6 is 46.4 Å². The third-order valence-corrected chi connectivity index (χ3v) is 7.33. The SMILES string of the molecule is CC.N#Cc1c(Cl)c(Cl)c(Cl)c(C#N)c1Cl.O=C(Cc1ccccc1)N/C(=N\OCC1CC1)c1c(OC(F)F)ccc(F)c1F. The van der Waals surface area contributed by atoms with Crippen molar-refractivity contribution in [3.63, 3.8) is 0 Å². The number of benzene rings is 3. The first-order valence-corrected chi connectivity index (χ1v) is 14.6. The van der Waals surface area contributed by atoms with E-state index in [4.69, 9.17) is 61.8 Å². The van der Waals surface area contributed by atoms with Crippen LogP contribution in [-0.4, -0.2) is 25.0 Å². The van der Waals surface area contributed by atoms with Crippen molar-refractivity contribution in [3.05, 3.63) is 96.4 Å². The number of hydrogen-bond donors (Lipinski definition) is 1. The van der Waals surface area contributed by atoms with Gasteiger partial charge in [-0.1, -0.05) is 95.7 Å². The van der Waals surface area contributed by atoms with E-state index in [0.717, 1.165) is 18.9 Å². The Morgan fingerprint density at radius 1 is 0.956 bits per heavy atom. The minimum atomic E-state index is -3.28. The summed E-state index contributed by atoms with van der Waals surface area (Å²) >= 11 is 22.8. The summed E-state index contributed by atoms with van der Waals surface area (Å²) in [6, 6.07) is 13.6. The molecule has 4 rings (SSSR count). The van der Waals surface area contributed by atoms with E-state index >= 15 is 0 Å². The Morgan fingerprint density at radius 3 is 2.04 bits per heavy atom. The monoisotopic (exact) mass is 704 g/mol. The molecule has 45 heavy (non-hydrogen) atoms. The Balaban J connectivity index is 0.000000370. The average Bonchev–Trinajstić information content (AvgIpc) is 3.84. The summed E-state index contributed by atoms with van der Waals surface area (Å²) in [7, 11) is 0. The second-order valence-electron chi connectivity index (χ2n) is 8.73. The van der Waals surface area contributed by atoms with Crippen molar-refractivity contribution in [1.82, 2.24) is 5.32 Å². The molecule has 238 valence electrons. The topological polar surface area (TPSA) is 108 Å². The normalized spacial score (nSPS) is 12.1. The Bertz CT molecular complexity index is 1570. The molecule has 0 aromatic heterocycles. The maximum Gasteiger partial charge on any atom is 0.387 e. The van der Waals surface area contributed by atoms with Gasteiger partial charge < -0.3 is 14.9 Å². The van der Waals surface area contributed by atoms with Gasteiger partial charge >= 0.3 is 6.61 Å². The van der Waals surface area contributed by atoms with Crippen molar-refractivity contribution >= 4 is 58.1 Å². The van der Waals surface area contributed by atoms with Crippen LogP contribution in [0.3, 0.4) is 0 Å². The van der Waals surface area contributed by atoms with Gasteiger partial charge in [0.2, 0.25) is 5.91 Å². The third kappa shape index (κ3) is 10.7. The number of rotatable bonds is 8. The molecule has 1 fully saturated rings. The maximum atomic E-state index is 14.5. The van der Waals surface area contributed by atoms with E-state index in [-0.39, 0.29) is 50.2 Å². The lowest BCUT2D eigenvalue weighted by atomic mass is 10.1. The molecule has 1 amide bonds. The molecule has 0 atom stereocenters. The molecule has 1 aliphatic rings. The number of nitriles is 2. The van der Waals surface area contributed by atoms with Crippen LogP contribution in [0.25, 0.3) is 0 Å². The molecule has 15 heteroatoms. The Kier molecular flexibility index (Phi) is 15.2. The highest BCUT2D eigenvalue weighted by Gasteiger charge is 2.26. The fraction of sp³-hybridized carbons (Fsp3) is 0.267. The molecule has 0 saturated heterocycles. The molecule has 0 unspecified atom stereocenters. The van der Waals surface area contributed by atoms with Crippen LogP contribution < -0.4 is 10.1 Å². The number of ether oxygens (including phenoxy) is 1. The van der Waals surface area contributed by atoms with E-state index in [0.29, 0.717) is 11.6 Å². The predicted octanol–water partition coefficient (Wildman–Crippen LogP) is 9.08. The first kappa shape index (κ1) is 37.4. The molecule has 1 aliphatic carbocycles. The molecule has 0 spiro atoms. The number of amidine groups is 1. The second-order valence-corrected chi connectivity index (χ2v) is 10.2. The summed E-state index contributed by atoms with van der Waals surface area (Å²) in [5.41, 5.74) is -0.173. The van der Waals surface area contributed by atoms with Crippen molar-refractivity contribution < 1.29 is 31.9 Å². The van der Waals surface area contributed by atoms with E-state index in [1.54, 1.807) is 42.5 Å². The van der Waals surface area contributed by atoms with Crippen molar-refractivity contribution in [2.75, 3.05) is 6.61 Å². The van der Waals surface area contributed by atoms with Crippen molar-refractivity contribution in [3.8, 4) is 17.9 Å². The summed E-state index contributed by atoms with van der Waals surface area (Å²) in [6.45, 7) is 0.923. The maximum absolute atomic E-state index is 14.5. The molecule has 0 radical (unpaired) electrons. The largest absolute Gasteiger partial charge is 0.434 e. The summed E-state index contributed by atoms with van der Waals surface area (Å²) in [5.74, 6) is -4.34. The molecule has 0 aliphatic heterocycles. The molecule has 1 saturated carbocycles. The third-order valence-electron chi connectivity index (χ3n) is 5.62. The first-order chi connectivity index (χ1) is 21.5. The van der Waals surface area contributed by atoms with E-state index in [1.807, 2.05) is 13.8 Å². The van der Waals surface area contributed by atoms with Gasteiger partial charge in [-0.3, -0.25) is 4.79 Å². The number of amides is 1. The van der Waals surface area contributed by atoms with Crippen LogP contribution in [0.5, 0.6) is 5.75 Å². The van der Waals surface area contributed by atoms with Gasteiger partial charge in [0.25, 0.3) is 0 Å². The fourth-order valence-corrected chi connectivity index (χ4v) is 4.43. The van der Waals surface area contributed by atoms with E-state index in [1.165, 1.54) is 0 Å². The summed E-state index contributed by atoms with van der Waals surface area (Å²) < 4.78 is 57.9. The number of hydrogen-bond acceptors (Lipinski definition) is 6. The molecule has 0 bridgehead atoms. The zero-order valence-corrected chi connectivity index (χ0v) is 26.6. The number of oxime groups is 1. The van der Waals surface area contributed by atoms with Gasteiger partial charge in [-0.25, -0.2) is 8.78 Å². The van der Waals surface area contributed by atoms with Gasteiger partial charge in [0.05, 0.1) is 37.6 Å². The van der Waals surface area contributed by atoms with Crippen LogP contribution in [0.4, 0.5) is 17.6 Å². The van der Waals surface area contributed by atoms with Crippen molar-refractivity contribution in [2.45, 2.75) is 39.7 Å². The van der Waals surface area contributed by atoms with Crippen molar-refractivity contribution in [2.24, 2.45) is 11.1 Å². The van der Waals surface area contributed by atoms with E-state index in [9.17, 15) is 22.4 Å². The van der Waals surface area contributed by atoms with Gasteiger partial charge in [0.15, 0.2) is 17.5 Å². The molecule has 1 N–H and O–H groups in total. The minimum Gasteiger partial charge on any atom is -0.434 e. The zero-order chi connectivity index (χ0) is 33.7. The number of nitrogens with zero attached hydrogens (tertiary/aromatic N) is 3. The summed E-state index contributed by atoms with van der Waals surface area (Å²) in [5, 5.41) is 23.2. The minimum absolute atomic E-state index is 0.0363. The Hall–Kier alpha value is -3.74. The lowest BCUT2D eigenvalue weighted by Gasteiger charge is -2.15. The lowest BCUT2D eigenvalue weighted by molar-refractivity contribution is -0.119. The van der Waals surface area contributed by atoms with Gasteiger partial charge in [-0.05, 0) is 36.5 Å². The van der Waals surface area contributed by atoms with Crippen LogP contribution in [0.1, 0.15) is 48.9 Å². The molecule has 3 aromatic rings. The second kappa shape index (κ2) is 18.3. The molecule has 3 aromatic carbocycles. The number of nitrogens with one attached hydrogen (secondary N) is 1. The van der Waals surface area contributed by atoms with Gasteiger partial charge in [-0.2, -0.15) is 19.3 Å². The smallest absolute Gasteiger partial charge is 0.387 e. The fourth-order valence-electron chi connectivity index (χ4n) is 3.36. The van der Waals surface area contributed by atoms with Crippen LogP contribution in [-0.2, 0) is 16.1 Å². The van der Waals surface area contributed by atoms with Gasteiger partial charge in [0.1, 0.15) is 30.1 Å². The van der Waals surface area contributed by atoms with Gasteiger partial charge in [0, 0.05) is 0 Å². The quantitative estimate of drug-likeness (QED) is 0.0628. The van der Waals surface area contributed by atoms with E-state index < -0.39 is 41.3 Å². The highest BCUT2D eigenvalue weighted by atomic mass is 35.5. The van der Waals surface area contributed by atoms with Gasteiger partial charge in [-0.15, -0.1) is 0 Å². The number of carbonyl (C=O) groups excluding carboxylic acids is 1. The number of halogens is 8. The van der Waals surface area contributed by atoms with Crippen LogP contribution in [0, 0.1) is 40.2 Å². The first-order valence-electron chi connectivity index (χ1n) is 13.1. The molecule has 0 heterocycles. The highest BCUT2D eigenvalue weighted by Crippen LogP contribution is 2.40. The number of alkyl halides is 2. The molecule has 7 nitrogen and oxygen atoms in total. The highest BCUT2D eigenvalue weighted by molar-refractivity contribution is 6.50. The lowest BCUT2D eigenvalue weighted by Crippen LogP contribution is -2.34. The van der Waals surface area contributed by atoms with E-state index in [2.05, 4.69) is 15.2 Å².